The van der Waals surface area contributed by atoms with Crippen LogP contribution < -0.4 is 4.90 Å². The lowest BCUT2D eigenvalue weighted by Crippen LogP contribution is -2.29. The summed E-state index contributed by atoms with van der Waals surface area (Å²) in [5.41, 5.74) is 1.82. The SMILES string of the molecule is Cc1ccc(/C(O)=C2/C(=O)C(=O)N(c3ccc(F)c(F)c3)C2c2cccc3ccccc23)cc1. The zero-order valence-corrected chi connectivity index (χ0v) is 18.1. The highest BCUT2D eigenvalue weighted by Gasteiger charge is 2.47. The van der Waals surface area contributed by atoms with Crippen LogP contribution in [0.2, 0.25) is 0 Å². The second kappa shape index (κ2) is 8.23. The number of carbonyl (C=O) groups excluding carboxylic acids is 2. The zero-order valence-electron chi connectivity index (χ0n) is 18.1. The van der Waals surface area contributed by atoms with Crippen molar-refractivity contribution in [3.05, 3.63) is 119 Å². The highest BCUT2D eigenvalue weighted by Crippen LogP contribution is 2.44. The molecule has 0 aromatic heterocycles. The number of hydrogen-bond donors (Lipinski definition) is 1. The maximum absolute atomic E-state index is 14.1. The van der Waals surface area contributed by atoms with Gasteiger partial charge in [-0.3, -0.25) is 14.5 Å². The predicted molar refractivity (Wildman–Crippen MR) is 126 cm³/mol. The van der Waals surface area contributed by atoms with Crippen molar-refractivity contribution in [1.29, 1.82) is 0 Å². The van der Waals surface area contributed by atoms with E-state index >= 15 is 0 Å². The van der Waals surface area contributed by atoms with Crippen LogP contribution in [0, 0.1) is 18.6 Å². The second-order valence-electron chi connectivity index (χ2n) is 8.20. The van der Waals surface area contributed by atoms with Crippen molar-refractivity contribution in [3.8, 4) is 0 Å². The minimum Gasteiger partial charge on any atom is -0.507 e. The monoisotopic (exact) mass is 455 g/mol. The van der Waals surface area contributed by atoms with Gasteiger partial charge in [-0.2, -0.15) is 0 Å². The first-order valence-corrected chi connectivity index (χ1v) is 10.7. The topological polar surface area (TPSA) is 57.6 Å². The summed E-state index contributed by atoms with van der Waals surface area (Å²) < 4.78 is 27.8. The Kier molecular flexibility index (Phi) is 5.21. The Balaban J connectivity index is 1.81. The summed E-state index contributed by atoms with van der Waals surface area (Å²) in [5, 5.41) is 12.8. The predicted octanol–water partition coefficient (Wildman–Crippen LogP) is 6.05. The van der Waals surface area contributed by atoms with Crippen molar-refractivity contribution < 1.29 is 23.5 Å². The summed E-state index contributed by atoms with van der Waals surface area (Å²) in [6.45, 7) is 1.89. The van der Waals surface area contributed by atoms with Gasteiger partial charge in [-0.25, -0.2) is 8.78 Å². The Hall–Kier alpha value is -4.32. The number of fused-ring (bicyclic) bond motifs is 1. The quantitative estimate of drug-likeness (QED) is 0.232. The number of hydrogen-bond acceptors (Lipinski definition) is 3. The molecule has 0 saturated carbocycles. The number of rotatable bonds is 3. The van der Waals surface area contributed by atoms with E-state index < -0.39 is 29.4 Å². The van der Waals surface area contributed by atoms with Gasteiger partial charge in [-0.05, 0) is 35.4 Å². The van der Waals surface area contributed by atoms with Crippen molar-refractivity contribution in [1.82, 2.24) is 0 Å². The van der Waals surface area contributed by atoms with Crippen molar-refractivity contribution in [2.75, 3.05) is 4.90 Å². The van der Waals surface area contributed by atoms with Gasteiger partial charge in [0.15, 0.2) is 11.6 Å². The van der Waals surface area contributed by atoms with E-state index in [1.807, 2.05) is 37.3 Å². The Morgan fingerprint density at radius 1 is 0.853 bits per heavy atom. The molecule has 34 heavy (non-hydrogen) atoms. The van der Waals surface area contributed by atoms with Crippen LogP contribution in [0.25, 0.3) is 16.5 Å². The number of carbonyl (C=O) groups is 2. The van der Waals surface area contributed by atoms with E-state index in [-0.39, 0.29) is 17.0 Å². The lowest BCUT2D eigenvalue weighted by atomic mass is 9.91. The molecule has 1 saturated heterocycles. The van der Waals surface area contributed by atoms with Crippen molar-refractivity contribution >= 4 is 33.9 Å². The second-order valence-corrected chi connectivity index (χ2v) is 8.20. The van der Waals surface area contributed by atoms with E-state index in [0.717, 1.165) is 33.4 Å². The van der Waals surface area contributed by atoms with Crippen molar-refractivity contribution in [3.63, 3.8) is 0 Å². The molecule has 0 aliphatic carbocycles. The average molecular weight is 455 g/mol. The van der Waals surface area contributed by atoms with Gasteiger partial charge < -0.3 is 5.11 Å². The maximum atomic E-state index is 14.1. The van der Waals surface area contributed by atoms with Crippen LogP contribution in [0.15, 0.2) is 90.5 Å². The molecule has 1 amide bonds. The number of halogens is 2. The van der Waals surface area contributed by atoms with Gasteiger partial charge in [0.05, 0.1) is 11.6 Å². The number of anilines is 1. The molecular weight excluding hydrogens is 436 g/mol. The molecule has 5 rings (SSSR count). The van der Waals surface area contributed by atoms with Crippen molar-refractivity contribution in [2.24, 2.45) is 0 Å². The van der Waals surface area contributed by atoms with Gasteiger partial charge in [-0.1, -0.05) is 72.3 Å². The first kappa shape index (κ1) is 21.5. The lowest BCUT2D eigenvalue weighted by Gasteiger charge is -2.26. The molecule has 1 atom stereocenters. The van der Waals surface area contributed by atoms with Crippen LogP contribution in [0.4, 0.5) is 14.5 Å². The van der Waals surface area contributed by atoms with E-state index in [1.54, 1.807) is 36.4 Å². The molecule has 1 heterocycles. The Morgan fingerprint density at radius 3 is 2.29 bits per heavy atom. The van der Waals surface area contributed by atoms with Gasteiger partial charge >= 0.3 is 0 Å². The number of benzene rings is 4. The van der Waals surface area contributed by atoms with Crippen LogP contribution in [-0.2, 0) is 9.59 Å². The van der Waals surface area contributed by atoms with E-state index in [9.17, 15) is 23.5 Å². The molecule has 1 N–H and O–H groups in total. The smallest absolute Gasteiger partial charge is 0.300 e. The number of nitrogens with zero attached hydrogens (tertiary/aromatic N) is 1. The van der Waals surface area contributed by atoms with E-state index in [0.29, 0.717) is 11.1 Å². The molecule has 1 aliphatic rings. The summed E-state index contributed by atoms with van der Waals surface area (Å²) in [7, 11) is 0. The Labute approximate surface area is 194 Å². The molecule has 1 aliphatic heterocycles. The molecular formula is C28H19F2NO3. The fourth-order valence-corrected chi connectivity index (χ4v) is 4.38. The largest absolute Gasteiger partial charge is 0.507 e. The first-order chi connectivity index (χ1) is 16.4. The van der Waals surface area contributed by atoms with Crippen LogP contribution in [-0.4, -0.2) is 16.8 Å². The van der Waals surface area contributed by atoms with Gasteiger partial charge in [-0.15, -0.1) is 0 Å². The standard InChI is InChI=1S/C28H19F2NO3/c1-16-9-11-18(12-10-16)26(32)24-25(21-8-4-6-17-5-2-3-7-20(17)21)31(28(34)27(24)33)19-13-14-22(29)23(30)15-19/h2-15,25,32H,1H3/b26-24-. The number of aryl methyl sites for hydroxylation is 1. The van der Waals surface area contributed by atoms with Gasteiger partial charge in [0.1, 0.15) is 5.76 Å². The third-order valence-electron chi connectivity index (χ3n) is 6.07. The van der Waals surface area contributed by atoms with Crippen LogP contribution in [0.1, 0.15) is 22.7 Å². The highest BCUT2D eigenvalue weighted by molar-refractivity contribution is 6.51. The normalized spacial score (nSPS) is 17.5. The van der Waals surface area contributed by atoms with Gasteiger partial charge in [0.2, 0.25) is 0 Å². The fraction of sp³-hybridized carbons (Fsp3) is 0.0714. The van der Waals surface area contributed by atoms with Crippen LogP contribution in [0.3, 0.4) is 0 Å². The molecule has 6 heteroatoms. The number of aliphatic hydroxyl groups is 1. The molecule has 168 valence electrons. The minimum atomic E-state index is -1.14. The summed E-state index contributed by atoms with van der Waals surface area (Å²) in [6.07, 6.45) is 0. The summed E-state index contributed by atoms with van der Waals surface area (Å²) in [5.74, 6) is -4.38. The van der Waals surface area contributed by atoms with Gasteiger partial charge in [0, 0.05) is 17.3 Å². The number of aliphatic hydroxyl groups excluding tert-OH is 1. The van der Waals surface area contributed by atoms with Crippen LogP contribution >= 0.6 is 0 Å². The van der Waals surface area contributed by atoms with E-state index in [2.05, 4.69) is 0 Å². The highest BCUT2D eigenvalue weighted by atomic mass is 19.2. The molecule has 1 unspecified atom stereocenters. The molecule has 0 spiro atoms. The van der Waals surface area contributed by atoms with E-state index in [4.69, 9.17) is 0 Å². The minimum absolute atomic E-state index is 0.0156. The molecule has 4 aromatic carbocycles. The molecule has 0 radical (unpaired) electrons. The fourth-order valence-electron chi connectivity index (χ4n) is 4.38. The average Bonchev–Trinajstić information content (AvgIpc) is 3.10. The summed E-state index contributed by atoms with van der Waals surface area (Å²) in [4.78, 5) is 27.6. The van der Waals surface area contributed by atoms with Gasteiger partial charge in [0.25, 0.3) is 11.7 Å². The lowest BCUT2D eigenvalue weighted by molar-refractivity contribution is -0.132. The first-order valence-electron chi connectivity index (χ1n) is 10.7. The third-order valence-corrected chi connectivity index (χ3v) is 6.07. The third kappa shape index (κ3) is 3.44. The summed E-state index contributed by atoms with van der Waals surface area (Å²) in [6, 6.07) is 21.8. The van der Waals surface area contributed by atoms with Crippen molar-refractivity contribution in [2.45, 2.75) is 13.0 Å². The van der Waals surface area contributed by atoms with Crippen LogP contribution in [0.5, 0.6) is 0 Å². The number of Topliss-reactive ketones (excluding diaryl/α,β-unsaturated/α-hetero) is 1. The molecule has 4 nitrogen and oxygen atoms in total. The Bertz CT molecular complexity index is 1490. The van der Waals surface area contributed by atoms with E-state index in [1.165, 1.54) is 6.07 Å². The number of amides is 1. The molecule has 0 bridgehead atoms. The Morgan fingerprint density at radius 2 is 1.56 bits per heavy atom. The number of ketones is 1. The summed E-state index contributed by atoms with van der Waals surface area (Å²) >= 11 is 0. The molecule has 1 fully saturated rings. The molecule has 4 aromatic rings. The maximum Gasteiger partial charge on any atom is 0.300 e. The zero-order chi connectivity index (χ0) is 24.0.